The van der Waals surface area contributed by atoms with Crippen LogP contribution in [0.4, 0.5) is 0 Å². The fraction of sp³-hybridized carbons (Fsp3) is 0.500. The lowest BCUT2D eigenvalue weighted by atomic mass is 10.1. The van der Waals surface area contributed by atoms with E-state index in [2.05, 4.69) is 24.1 Å². The first-order valence-electron chi connectivity index (χ1n) is 7.40. The van der Waals surface area contributed by atoms with Crippen LogP contribution in [0.5, 0.6) is 0 Å². The molecule has 0 radical (unpaired) electrons. The normalized spacial score (nSPS) is 12.7. The summed E-state index contributed by atoms with van der Waals surface area (Å²) in [5.74, 6) is 0. The SMILES string of the molecule is CCCNC(C)CCCn1c(=O)cnc2ccccc21. The molecule has 1 heterocycles. The number of para-hydroxylation sites is 2. The Morgan fingerprint density at radius 3 is 2.95 bits per heavy atom. The molecule has 0 bridgehead atoms. The van der Waals surface area contributed by atoms with Gasteiger partial charge in [0.05, 0.1) is 17.2 Å². The van der Waals surface area contributed by atoms with Crippen LogP contribution >= 0.6 is 0 Å². The molecule has 1 N–H and O–H groups in total. The van der Waals surface area contributed by atoms with Gasteiger partial charge in [-0.1, -0.05) is 19.1 Å². The van der Waals surface area contributed by atoms with E-state index >= 15 is 0 Å². The van der Waals surface area contributed by atoms with Gasteiger partial charge in [-0.05, 0) is 44.9 Å². The molecule has 0 saturated carbocycles. The summed E-state index contributed by atoms with van der Waals surface area (Å²) in [6.07, 6.45) is 4.63. The van der Waals surface area contributed by atoms with Crippen molar-refractivity contribution in [3.8, 4) is 0 Å². The minimum atomic E-state index is -0.0159. The second kappa shape index (κ2) is 7.20. The lowest BCUT2D eigenvalue weighted by Gasteiger charge is -2.14. The Labute approximate surface area is 119 Å². The van der Waals surface area contributed by atoms with Crippen LogP contribution in [0.15, 0.2) is 35.3 Å². The third kappa shape index (κ3) is 3.67. The molecule has 4 heteroatoms. The van der Waals surface area contributed by atoms with Gasteiger partial charge in [-0.3, -0.25) is 4.79 Å². The van der Waals surface area contributed by atoms with Crippen molar-refractivity contribution in [2.75, 3.05) is 6.54 Å². The van der Waals surface area contributed by atoms with Crippen LogP contribution in [0.25, 0.3) is 11.0 Å². The molecule has 4 nitrogen and oxygen atoms in total. The molecule has 2 rings (SSSR count). The third-order valence-electron chi connectivity index (χ3n) is 3.51. The predicted octanol–water partition coefficient (Wildman–Crippen LogP) is 2.56. The van der Waals surface area contributed by atoms with Crippen LogP contribution < -0.4 is 10.9 Å². The Balaban J connectivity index is 2.03. The van der Waals surface area contributed by atoms with Gasteiger partial charge in [0.15, 0.2) is 0 Å². The van der Waals surface area contributed by atoms with Gasteiger partial charge in [0.2, 0.25) is 0 Å². The average molecular weight is 273 g/mol. The second-order valence-corrected chi connectivity index (χ2v) is 5.23. The van der Waals surface area contributed by atoms with Crippen LogP contribution in [0.2, 0.25) is 0 Å². The fourth-order valence-electron chi connectivity index (χ4n) is 2.39. The van der Waals surface area contributed by atoms with Gasteiger partial charge >= 0.3 is 0 Å². The molecule has 20 heavy (non-hydrogen) atoms. The molecule has 1 atom stereocenters. The van der Waals surface area contributed by atoms with Gasteiger partial charge in [-0.15, -0.1) is 0 Å². The topological polar surface area (TPSA) is 46.9 Å². The fourth-order valence-corrected chi connectivity index (χ4v) is 2.39. The molecule has 1 unspecified atom stereocenters. The Kier molecular flexibility index (Phi) is 5.30. The maximum Gasteiger partial charge on any atom is 0.269 e. The maximum absolute atomic E-state index is 12.0. The van der Waals surface area contributed by atoms with E-state index in [1.165, 1.54) is 6.20 Å². The zero-order valence-electron chi connectivity index (χ0n) is 12.3. The average Bonchev–Trinajstić information content (AvgIpc) is 2.47. The number of aryl methyl sites for hydroxylation is 1. The first kappa shape index (κ1) is 14.7. The van der Waals surface area contributed by atoms with Crippen molar-refractivity contribution in [1.29, 1.82) is 0 Å². The summed E-state index contributed by atoms with van der Waals surface area (Å²) in [5, 5.41) is 3.47. The van der Waals surface area contributed by atoms with Crippen molar-refractivity contribution in [1.82, 2.24) is 14.9 Å². The van der Waals surface area contributed by atoms with E-state index < -0.39 is 0 Å². The Hall–Kier alpha value is -1.68. The van der Waals surface area contributed by atoms with Crippen LogP contribution in [-0.4, -0.2) is 22.1 Å². The summed E-state index contributed by atoms with van der Waals surface area (Å²) < 4.78 is 1.83. The van der Waals surface area contributed by atoms with Crippen LogP contribution in [0.3, 0.4) is 0 Å². The summed E-state index contributed by atoms with van der Waals surface area (Å²) in [6, 6.07) is 8.30. The third-order valence-corrected chi connectivity index (χ3v) is 3.51. The van der Waals surface area contributed by atoms with E-state index in [9.17, 15) is 4.79 Å². The molecule has 1 aromatic heterocycles. The quantitative estimate of drug-likeness (QED) is 0.843. The van der Waals surface area contributed by atoms with Gasteiger partial charge in [0.1, 0.15) is 0 Å². The first-order valence-corrected chi connectivity index (χ1v) is 7.40. The lowest BCUT2D eigenvalue weighted by molar-refractivity contribution is 0.476. The zero-order valence-corrected chi connectivity index (χ0v) is 12.3. The molecule has 0 saturated heterocycles. The van der Waals surface area contributed by atoms with Crippen molar-refractivity contribution < 1.29 is 0 Å². The standard InChI is InChI=1S/C16H23N3O/c1-3-10-17-13(2)7-6-11-19-15-9-5-4-8-14(15)18-12-16(19)20/h4-5,8-9,12-13,17H,3,6-7,10-11H2,1-2H3. The van der Waals surface area contributed by atoms with E-state index in [-0.39, 0.29) is 5.56 Å². The molecule has 0 aliphatic heterocycles. The maximum atomic E-state index is 12.0. The van der Waals surface area contributed by atoms with Gasteiger partial charge in [-0.25, -0.2) is 4.98 Å². The summed E-state index contributed by atoms with van der Waals surface area (Å²) in [6.45, 7) is 6.17. The van der Waals surface area contributed by atoms with E-state index in [1.54, 1.807) is 0 Å². The van der Waals surface area contributed by atoms with Gasteiger partial charge in [-0.2, -0.15) is 0 Å². The Morgan fingerprint density at radius 1 is 1.35 bits per heavy atom. The molecule has 0 aliphatic rings. The van der Waals surface area contributed by atoms with Crippen molar-refractivity contribution in [2.45, 2.75) is 45.7 Å². The molecule has 2 aromatic rings. The first-order chi connectivity index (χ1) is 9.72. The minimum absolute atomic E-state index is 0.0159. The largest absolute Gasteiger partial charge is 0.314 e. The van der Waals surface area contributed by atoms with Gasteiger partial charge in [0, 0.05) is 12.6 Å². The number of hydrogen-bond acceptors (Lipinski definition) is 3. The number of fused-ring (bicyclic) bond motifs is 1. The smallest absolute Gasteiger partial charge is 0.269 e. The second-order valence-electron chi connectivity index (χ2n) is 5.23. The molecule has 1 aromatic carbocycles. The molecular formula is C16H23N3O. The molecule has 0 aliphatic carbocycles. The molecule has 108 valence electrons. The van der Waals surface area contributed by atoms with E-state index in [1.807, 2.05) is 28.8 Å². The van der Waals surface area contributed by atoms with E-state index in [0.717, 1.165) is 43.4 Å². The molecule has 0 amide bonds. The van der Waals surface area contributed by atoms with Crippen LogP contribution in [-0.2, 0) is 6.54 Å². The number of aromatic nitrogens is 2. The number of rotatable bonds is 7. The number of nitrogens with one attached hydrogen (secondary N) is 1. The highest BCUT2D eigenvalue weighted by Gasteiger charge is 2.05. The van der Waals surface area contributed by atoms with E-state index in [0.29, 0.717) is 6.04 Å². The van der Waals surface area contributed by atoms with Crippen LogP contribution in [0, 0.1) is 0 Å². The molecular weight excluding hydrogens is 250 g/mol. The highest BCUT2D eigenvalue weighted by molar-refractivity contribution is 5.74. The van der Waals surface area contributed by atoms with Crippen molar-refractivity contribution in [2.24, 2.45) is 0 Å². The van der Waals surface area contributed by atoms with Crippen LogP contribution in [0.1, 0.15) is 33.1 Å². The van der Waals surface area contributed by atoms with Gasteiger partial charge < -0.3 is 9.88 Å². The number of benzene rings is 1. The minimum Gasteiger partial charge on any atom is -0.314 e. The number of hydrogen-bond donors (Lipinski definition) is 1. The monoisotopic (exact) mass is 273 g/mol. The van der Waals surface area contributed by atoms with Gasteiger partial charge in [0.25, 0.3) is 5.56 Å². The molecule has 0 fully saturated rings. The Morgan fingerprint density at radius 2 is 2.15 bits per heavy atom. The highest BCUT2D eigenvalue weighted by Crippen LogP contribution is 2.09. The summed E-state index contributed by atoms with van der Waals surface area (Å²) >= 11 is 0. The van der Waals surface area contributed by atoms with Crippen molar-refractivity contribution in [3.05, 3.63) is 40.8 Å². The van der Waals surface area contributed by atoms with Crippen molar-refractivity contribution >= 4 is 11.0 Å². The highest BCUT2D eigenvalue weighted by atomic mass is 16.1. The lowest BCUT2D eigenvalue weighted by Crippen LogP contribution is -2.27. The summed E-state index contributed by atoms with van der Waals surface area (Å²) in [4.78, 5) is 16.1. The van der Waals surface area contributed by atoms with Crippen molar-refractivity contribution in [3.63, 3.8) is 0 Å². The predicted molar refractivity (Wildman–Crippen MR) is 83.0 cm³/mol. The van der Waals surface area contributed by atoms with E-state index in [4.69, 9.17) is 0 Å². The number of nitrogens with zero attached hydrogens (tertiary/aromatic N) is 2. The Bertz CT molecular complexity index is 606. The molecule has 0 spiro atoms. The summed E-state index contributed by atoms with van der Waals surface area (Å²) in [7, 11) is 0. The zero-order chi connectivity index (χ0) is 14.4. The summed E-state index contributed by atoms with van der Waals surface area (Å²) in [5.41, 5.74) is 1.79.